The minimum Gasteiger partial charge on any atom is -0.317 e. The van der Waals surface area contributed by atoms with Gasteiger partial charge in [-0.1, -0.05) is 0 Å². The highest BCUT2D eigenvalue weighted by atomic mass is 19.1. The quantitative estimate of drug-likeness (QED) is 0.857. The molecule has 1 N–H and O–H groups in total. The Bertz CT molecular complexity index is 499. The van der Waals surface area contributed by atoms with Gasteiger partial charge in [-0.2, -0.15) is 0 Å². The summed E-state index contributed by atoms with van der Waals surface area (Å²) in [7, 11) is 1.90. The molecule has 2 rings (SSSR count). The summed E-state index contributed by atoms with van der Waals surface area (Å²) in [5.74, 6) is 0.522. The molecule has 0 saturated carbocycles. The van der Waals surface area contributed by atoms with Gasteiger partial charge in [-0.3, -0.25) is 0 Å². The van der Waals surface area contributed by atoms with Crippen molar-refractivity contribution in [3.63, 3.8) is 0 Å². The maximum atomic E-state index is 12.9. The molecule has 16 heavy (non-hydrogen) atoms. The van der Waals surface area contributed by atoms with Gasteiger partial charge in [0.1, 0.15) is 11.6 Å². The fourth-order valence-electron chi connectivity index (χ4n) is 1.52. The summed E-state index contributed by atoms with van der Waals surface area (Å²) >= 11 is 0. The monoisotopic (exact) mass is 219 g/mol. The first-order valence-corrected chi connectivity index (χ1v) is 5.27. The standard InChI is InChI=1S/C12H14FN3/c1-8(14-2)5-12-15-7-9-6-10(13)3-4-11(9)16-12/h3-4,6-8,14H,5H2,1-2H3. The van der Waals surface area contributed by atoms with Gasteiger partial charge in [0.05, 0.1) is 5.52 Å². The molecule has 0 spiro atoms. The van der Waals surface area contributed by atoms with Gasteiger partial charge in [0.25, 0.3) is 0 Å². The molecular formula is C12H14FN3. The van der Waals surface area contributed by atoms with E-state index in [1.165, 1.54) is 12.1 Å². The zero-order valence-corrected chi connectivity index (χ0v) is 9.37. The first-order chi connectivity index (χ1) is 7.69. The first-order valence-electron chi connectivity index (χ1n) is 5.27. The van der Waals surface area contributed by atoms with E-state index in [9.17, 15) is 4.39 Å². The second kappa shape index (κ2) is 4.53. The van der Waals surface area contributed by atoms with E-state index in [1.807, 2.05) is 7.05 Å². The van der Waals surface area contributed by atoms with Crippen LogP contribution < -0.4 is 5.32 Å². The van der Waals surface area contributed by atoms with Crippen molar-refractivity contribution >= 4 is 10.9 Å². The van der Waals surface area contributed by atoms with Gasteiger partial charge in [-0.05, 0) is 32.2 Å². The van der Waals surface area contributed by atoms with Crippen molar-refractivity contribution in [2.24, 2.45) is 0 Å². The maximum Gasteiger partial charge on any atom is 0.130 e. The molecule has 0 aliphatic rings. The Hall–Kier alpha value is -1.55. The summed E-state index contributed by atoms with van der Waals surface area (Å²) < 4.78 is 12.9. The Morgan fingerprint density at radius 2 is 2.25 bits per heavy atom. The molecule has 4 heteroatoms. The Kier molecular flexibility index (Phi) is 3.10. The average Bonchev–Trinajstić information content (AvgIpc) is 2.29. The third-order valence-electron chi connectivity index (χ3n) is 2.57. The molecule has 1 heterocycles. The number of hydrogen-bond donors (Lipinski definition) is 1. The van der Waals surface area contributed by atoms with E-state index >= 15 is 0 Å². The molecule has 2 aromatic rings. The first kappa shape index (κ1) is 11.0. The number of fused-ring (bicyclic) bond motifs is 1. The molecular weight excluding hydrogens is 205 g/mol. The fraction of sp³-hybridized carbons (Fsp3) is 0.333. The molecule has 0 saturated heterocycles. The largest absolute Gasteiger partial charge is 0.317 e. The SMILES string of the molecule is CNC(C)Cc1ncc2cc(F)ccc2n1. The topological polar surface area (TPSA) is 37.8 Å². The van der Waals surface area contributed by atoms with Gasteiger partial charge in [0.15, 0.2) is 0 Å². The molecule has 0 radical (unpaired) electrons. The zero-order valence-electron chi connectivity index (χ0n) is 9.37. The van der Waals surface area contributed by atoms with Crippen molar-refractivity contribution in [2.75, 3.05) is 7.05 Å². The van der Waals surface area contributed by atoms with Gasteiger partial charge in [-0.15, -0.1) is 0 Å². The highest BCUT2D eigenvalue weighted by Crippen LogP contribution is 2.12. The maximum absolute atomic E-state index is 12.9. The predicted octanol–water partition coefficient (Wildman–Crippen LogP) is 1.92. The number of nitrogens with one attached hydrogen (secondary N) is 1. The van der Waals surface area contributed by atoms with Crippen LogP contribution in [0.5, 0.6) is 0 Å². The van der Waals surface area contributed by atoms with Crippen LogP contribution in [0.1, 0.15) is 12.7 Å². The normalized spacial score (nSPS) is 12.9. The van der Waals surface area contributed by atoms with Crippen LogP contribution in [0.15, 0.2) is 24.4 Å². The van der Waals surface area contributed by atoms with Crippen molar-refractivity contribution in [1.82, 2.24) is 15.3 Å². The highest BCUT2D eigenvalue weighted by Gasteiger charge is 2.05. The van der Waals surface area contributed by atoms with Crippen LogP contribution in [-0.2, 0) is 6.42 Å². The van der Waals surface area contributed by atoms with E-state index in [0.29, 0.717) is 6.04 Å². The lowest BCUT2D eigenvalue weighted by atomic mass is 10.2. The molecule has 1 aromatic heterocycles. The van der Waals surface area contributed by atoms with E-state index in [-0.39, 0.29) is 5.82 Å². The Labute approximate surface area is 93.7 Å². The predicted molar refractivity (Wildman–Crippen MR) is 61.7 cm³/mol. The van der Waals surface area contributed by atoms with Gasteiger partial charge < -0.3 is 5.32 Å². The highest BCUT2D eigenvalue weighted by molar-refractivity contribution is 5.77. The number of rotatable bonds is 3. The van der Waals surface area contributed by atoms with E-state index in [0.717, 1.165) is 23.1 Å². The summed E-state index contributed by atoms with van der Waals surface area (Å²) in [4.78, 5) is 8.60. The van der Waals surface area contributed by atoms with Crippen molar-refractivity contribution in [1.29, 1.82) is 0 Å². The number of benzene rings is 1. The minimum atomic E-state index is -0.257. The summed E-state index contributed by atoms with van der Waals surface area (Å²) in [6.07, 6.45) is 2.44. The van der Waals surface area contributed by atoms with Crippen LogP contribution in [0, 0.1) is 5.82 Å². The van der Waals surface area contributed by atoms with E-state index in [2.05, 4.69) is 22.2 Å². The van der Waals surface area contributed by atoms with Gasteiger partial charge >= 0.3 is 0 Å². The van der Waals surface area contributed by atoms with Crippen molar-refractivity contribution in [3.05, 3.63) is 36.0 Å². The third-order valence-corrected chi connectivity index (χ3v) is 2.57. The molecule has 1 aromatic carbocycles. The second-order valence-electron chi connectivity index (χ2n) is 3.88. The average molecular weight is 219 g/mol. The van der Waals surface area contributed by atoms with Crippen LogP contribution in [0.4, 0.5) is 4.39 Å². The van der Waals surface area contributed by atoms with Crippen molar-refractivity contribution < 1.29 is 4.39 Å². The number of nitrogens with zero attached hydrogens (tertiary/aromatic N) is 2. The lowest BCUT2D eigenvalue weighted by Gasteiger charge is -2.08. The van der Waals surface area contributed by atoms with E-state index in [1.54, 1.807) is 12.3 Å². The van der Waals surface area contributed by atoms with Gasteiger partial charge in [0.2, 0.25) is 0 Å². The molecule has 0 bridgehead atoms. The smallest absolute Gasteiger partial charge is 0.130 e. The molecule has 0 aliphatic heterocycles. The lowest BCUT2D eigenvalue weighted by Crippen LogP contribution is -2.24. The number of hydrogen-bond acceptors (Lipinski definition) is 3. The summed E-state index contributed by atoms with van der Waals surface area (Å²) in [5, 5.41) is 3.87. The fourth-order valence-corrected chi connectivity index (χ4v) is 1.52. The zero-order chi connectivity index (χ0) is 11.5. The van der Waals surface area contributed by atoms with E-state index < -0.39 is 0 Å². The van der Waals surface area contributed by atoms with Crippen LogP contribution in [0.25, 0.3) is 10.9 Å². The molecule has 0 fully saturated rings. The Balaban J connectivity index is 2.33. The molecule has 84 valence electrons. The molecule has 1 atom stereocenters. The van der Waals surface area contributed by atoms with Crippen LogP contribution in [0.3, 0.4) is 0 Å². The van der Waals surface area contributed by atoms with Crippen LogP contribution >= 0.6 is 0 Å². The van der Waals surface area contributed by atoms with Crippen molar-refractivity contribution in [3.8, 4) is 0 Å². The van der Waals surface area contributed by atoms with Gasteiger partial charge in [0, 0.05) is 24.0 Å². The summed E-state index contributed by atoms with van der Waals surface area (Å²) in [5.41, 5.74) is 0.787. The third kappa shape index (κ3) is 2.33. The number of aromatic nitrogens is 2. The number of halogens is 1. The van der Waals surface area contributed by atoms with Crippen LogP contribution in [-0.4, -0.2) is 23.1 Å². The molecule has 1 unspecified atom stereocenters. The Morgan fingerprint density at radius 3 is 3.00 bits per heavy atom. The summed E-state index contributed by atoms with van der Waals surface area (Å²) in [6.45, 7) is 2.07. The van der Waals surface area contributed by atoms with Gasteiger partial charge in [-0.25, -0.2) is 14.4 Å². The van der Waals surface area contributed by atoms with Crippen molar-refractivity contribution in [2.45, 2.75) is 19.4 Å². The molecule has 3 nitrogen and oxygen atoms in total. The molecule has 0 aliphatic carbocycles. The summed E-state index contributed by atoms with van der Waals surface area (Å²) in [6, 6.07) is 4.87. The van der Waals surface area contributed by atoms with Crippen LogP contribution in [0.2, 0.25) is 0 Å². The minimum absolute atomic E-state index is 0.257. The lowest BCUT2D eigenvalue weighted by molar-refractivity contribution is 0.592. The number of likely N-dealkylation sites (N-methyl/N-ethyl adjacent to an activating group) is 1. The molecule has 0 amide bonds. The van der Waals surface area contributed by atoms with E-state index in [4.69, 9.17) is 0 Å². The second-order valence-corrected chi connectivity index (χ2v) is 3.88. The Morgan fingerprint density at radius 1 is 1.44 bits per heavy atom.